The minimum absolute atomic E-state index is 0. The Balaban J connectivity index is 0.00000288. The van der Waals surface area contributed by atoms with Crippen LogP contribution in [0.25, 0.3) is 0 Å². The number of benzene rings is 1. The highest BCUT2D eigenvalue weighted by atomic mass is 35.5. The van der Waals surface area contributed by atoms with E-state index < -0.39 is 0 Å². The molecule has 1 atom stereocenters. The highest BCUT2D eigenvalue weighted by molar-refractivity contribution is 7.99. The SMILES string of the molecule is CNCCC1CCN(C(=O)C(C)CSc2ccc(F)cc2)CC1.Cl. The van der Waals surface area contributed by atoms with Gasteiger partial charge in [-0.1, -0.05) is 6.92 Å². The Kier molecular flexibility index (Phi) is 9.71. The topological polar surface area (TPSA) is 32.3 Å². The first-order valence-corrected chi connectivity index (χ1v) is 9.40. The summed E-state index contributed by atoms with van der Waals surface area (Å²) in [5, 5.41) is 3.20. The number of piperidine rings is 1. The van der Waals surface area contributed by atoms with E-state index in [0.29, 0.717) is 0 Å². The van der Waals surface area contributed by atoms with Gasteiger partial charge in [0, 0.05) is 29.7 Å². The molecule has 2 rings (SSSR count). The maximum Gasteiger partial charge on any atom is 0.226 e. The molecule has 1 aromatic carbocycles. The second-order valence-corrected chi connectivity index (χ2v) is 7.42. The van der Waals surface area contributed by atoms with Gasteiger partial charge in [-0.25, -0.2) is 4.39 Å². The van der Waals surface area contributed by atoms with Crippen molar-refractivity contribution in [1.29, 1.82) is 0 Å². The van der Waals surface area contributed by atoms with Gasteiger partial charge in [-0.05, 0) is 63.0 Å². The van der Waals surface area contributed by atoms with Crippen LogP contribution >= 0.6 is 24.2 Å². The number of nitrogens with zero attached hydrogens (tertiary/aromatic N) is 1. The van der Waals surface area contributed by atoms with Gasteiger partial charge in [0.25, 0.3) is 0 Å². The molecule has 1 amide bonds. The maximum absolute atomic E-state index is 12.9. The molecule has 0 aliphatic carbocycles. The van der Waals surface area contributed by atoms with Crippen LogP contribution in [0.2, 0.25) is 0 Å². The van der Waals surface area contributed by atoms with E-state index in [0.717, 1.165) is 49.0 Å². The number of halogens is 2. The summed E-state index contributed by atoms with van der Waals surface area (Å²) >= 11 is 1.62. The lowest BCUT2D eigenvalue weighted by atomic mass is 9.93. The Morgan fingerprint density at radius 1 is 1.33 bits per heavy atom. The van der Waals surface area contributed by atoms with Crippen molar-refractivity contribution >= 4 is 30.1 Å². The molecule has 136 valence electrons. The quantitative estimate of drug-likeness (QED) is 0.736. The van der Waals surface area contributed by atoms with Crippen LogP contribution in [0.4, 0.5) is 4.39 Å². The maximum atomic E-state index is 12.9. The molecule has 1 N–H and O–H groups in total. The smallest absolute Gasteiger partial charge is 0.226 e. The number of thioether (sulfide) groups is 1. The fraction of sp³-hybridized carbons (Fsp3) is 0.611. The number of amides is 1. The van der Waals surface area contributed by atoms with Crippen LogP contribution in [0.5, 0.6) is 0 Å². The molecule has 3 nitrogen and oxygen atoms in total. The average molecular weight is 375 g/mol. The summed E-state index contributed by atoms with van der Waals surface area (Å²) in [6.07, 6.45) is 3.44. The Morgan fingerprint density at radius 3 is 2.54 bits per heavy atom. The summed E-state index contributed by atoms with van der Waals surface area (Å²) in [6, 6.07) is 6.46. The van der Waals surface area contributed by atoms with E-state index in [1.165, 1.54) is 18.6 Å². The number of likely N-dealkylation sites (tertiary alicyclic amines) is 1. The molecule has 0 bridgehead atoms. The Hall–Kier alpha value is -0.780. The lowest BCUT2D eigenvalue weighted by Gasteiger charge is -2.33. The summed E-state index contributed by atoms with van der Waals surface area (Å²) in [5.41, 5.74) is 0. The molecule has 0 aromatic heterocycles. The van der Waals surface area contributed by atoms with Crippen LogP contribution in [0.15, 0.2) is 29.2 Å². The van der Waals surface area contributed by atoms with E-state index in [-0.39, 0.29) is 30.0 Å². The Morgan fingerprint density at radius 2 is 1.96 bits per heavy atom. The van der Waals surface area contributed by atoms with E-state index in [4.69, 9.17) is 0 Å². The van der Waals surface area contributed by atoms with Crippen molar-refractivity contribution in [2.24, 2.45) is 11.8 Å². The summed E-state index contributed by atoms with van der Waals surface area (Å²) in [7, 11) is 1.99. The summed E-state index contributed by atoms with van der Waals surface area (Å²) in [5.74, 6) is 1.52. The molecular formula is C18H28ClFN2OS. The predicted octanol–water partition coefficient (Wildman–Crippen LogP) is 3.82. The van der Waals surface area contributed by atoms with Crippen LogP contribution in [0, 0.1) is 17.7 Å². The van der Waals surface area contributed by atoms with Gasteiger partial charge < -0.3 is 10.2 Å². The van der Waals surface area contributed by atoms with Gasteiger partial charge in [0.2, 0.25) is 5.91 Å². The van der Waals surface area contributed by atoms with Crippen molar-refractivity contribution in [1.82, 2.24) is 10.2 Å². The summed E-state index contributed by atoms with van der Waals surface area (Å²) in [6.45, 7) is 4.83. The number of hydrogen-bond acceptors (Lipinski definition) is 3. The van der Waals surface area contributed by atoms with Crippen LogP contribution in [0.3, 0.4) is 0 Å². The number of nitrogens with one attached hydrogen (secondary N) is 1. The van der Waals surface area contributed by atoms with E-state index in [2.05, 4.69) is 5.32 Å². The van der Waals surface area contributed by atoms with E-state index in [9.17, 15) is 9.18 Å². The molecule has 1 heterocycles. The van der Waals surface area contributed by atoms with Gasteiger partial charge in [0.15, 0.2) is 0 Å². The number of carbonyl (C=O) groups is 1. The zero-order valence-electron chi connectivity index (χ0n) is 14.5. The van der Waals surface area contributed by atoms with Crippen LogP contribution in [-0.2, 0) is 4.79 Å². The van der Waals surface area contributed by atoms with Gasteiger partial charge in [-0.15, -0.1) is 24.2 Å². The van der Waals surface area contributed by atoms with Crippen LogP contribution in [0.1, 0.15) is 26.2 Å². The Labute approximate surface area is 155 Å². The van der Waals surface area contributed by atoms with Gasteiger partial charge in [-0.3, -0.25) is 4.79 Å². The first-order chi connectivity index (χ1) is 11.1. The third-order valence-corrected chi connectivity index (χ3v) is 5.74. The number of carbonyl (C=O) groups excluding carboxylic acids is 1. The molecule has 24 heavy (non-hydrogen) atoms. The summed E-state index contributed by atoms with van der Waals surface area (Å²) < 4.78 is 12.9. The van der Waals surface area contributed by atoms with Gasteiger partial charge in [0.05, 0.1) is 0 Å². The third kappa shape index (κ3) is 6.61. The minimum Gasteiger partial charge on any atom is -0.342 e. The average Bonchev–Trinajstić information content (AvgIpc) is 2.59. The highest BCUT2D eigenvalue weighted by Crippen LogP contribution is 2.24. The fourth-order valence-electron chi connectivity index (χ4n) is 2.93. The molecule has 1 saturated heterocycles. The fourth-order valence-corrected chi connectivity index (χ4v) is 3.84. The molecular weight excluding hydrogens is 347 g/mol. The number of hydrogen-bond donors (Lipinski definition) is 1. The van der Waals surface area contributed by atoms with Crippen molar-refractivity contribution < 1.29 is 9.18 Å². The predicted molar refractivity (Wildman–Crippen MR) is 101 cm³/mol. The monoisotopic (exact) mass is 374 g/mol. The van der Waals surface area contributed by atoms with Gasteiger partial charge >= 0.3 is 0 Å². The standard InChI is InChI=1S/C18H27FN2OS.ClH/c1-14(13-23-17-5-3-16(19)4-6-17)18(22)21-11-8-15(9-12-21)7-10-20-2;/h3-6,14-15,20H,7-13H2,1-2H3;1H. The first kappa shape index (κ1) is 21.3. The van der Waals surface area contributed by atoms with Gasteiger partial charge in [-0.2, -0.15) is 0 Å². The Bertz CT molecular complexity index is 492. The minimum atomic E-state index is -0.223. The molecule has 1 aliphatic rings. The molecule has 1 unspecified atom stereocenters. The first-order valence-electron chi connectivity index (χ1n) is 8.42. The highest BCUT2D eigenvalue weighted by Gasteiger charge is 2.25. The van der Waals surface area contributed by atoms with Crippen molar-refractivity contribution in [2.75, 3.05) is 32.4 Å². The molecule has 0 radical (unpaired) electrons. The van der Waals surface area contributed by atoms with E-state index in [1.54, 1.807) is 23.9 Å². The van der Waals surface area contributed by atoms with E-state index >= 15 is 0 Å². The van der Waals surface area contributed by atoms with Crippen molar-refractivity contribution in [3.8, 4) is 0 Å². The third-order valence-electron chi connectivity index (χ3n) is 4.46. The van der Waals surface area contributed by atoms with Crippen LogP contribution < -0.4 is 5.32 Å². The van der Waals surface area contributed by atoms with Crippen molar-refractivity contribution in [3.05, 3.63) is 30.1 Å². The van der Waals surface area contributed by atoms with E-state index in [1.807, 2.05) is 18.9 Å². The molecule has 1 fully saturated rings. The molecule has 0 saturated carbocycles. The largest absolute Gasteiger partial charge is 0.342 e. The molecule has 1 aliphatic heterocycles. The lowest BCUT2D eigenvalue weighted by molar-refractivity contribution is -0.135. The van der Waals surface area contributed by atoms with Gasteiger partial charge in [0.1, 0.15) is 5.82 Å². The molecule has 6 heteroatoms. The normalized spacial score (nSPS) is 16.5. The second kappa shape index (κ2) is 11.0. The summed E-state index contributed by atoms with van der Waals surface area (Å²) in [4.78, 5) is 15.6. The molecule has 1 aromatic rings. The lowest BCUT2D eigenvalue weighted by Crippen LogP contribution is -2.42. The zero-order valence-corrected chi connectivity index (χ0v) is 16.1. The molecule has 0 spiro atoms. The van der Waals surface area contributed by atoms with Crippen molar-refractivity contribution in [2.45, 2.75) is 31.1 Å². The second-order valence-electron chi connectivity index (χ2n) is 6.33. The van der Waals surface area contributed by atoms with Crippen LogP contribution in [-0.4, -0.2) is 43.2 Å². The number of rotatable bonds is 7. The zero-order chi connectivity index (χ0) is 16.7. The van der Waals surface area contributed by atoms with Crippen molar-refractivity contribution in [3.63, 3.8) is 0 Å².